The van der Waals surface area contributed by atoms with E-state index < -0.39 is 5.60 Å². The van der Waals surface area contributed by atoms with E-state index in [0.29, 0.717) is 42.5 Å². The second-order valence-corrected chi connectivity index (χ2v) is 6.84. The predicted molar refractivity (Wildman–Crippen MR) is 86.3 cm³/mol. The van der Waals surface area contributed by atoms with Gasteiger partial charge in [-0.1, -0.05) is 0 Å². The largest absolute Gasteiger partial charge is 0.480 e. The molecule has 1 aromatic rings. The molecule has 8 heteroatoms. The fourth-order valence-electron chi connectivity index (χ4n) is 2.05. The highest BCUT2D eigenvalue weighted by molar-refractivity contribution is 9.10. The SMILES string of the molecule is COc1nc(N2CCN(C(=O)OC(C)(C)C)CC2)ncc1Br. The van der Waals surface area contributed by atoms with Crippen LogP contribution in [0, 0.1) is 0 Å². The van der Waals surface area contributed by atoms with E-state index in [0.717, 1.165) is 0 Å². The van der Waals surface area contributed by atoms with Crippen molar-refractivity contribution in [3.63, 3.8) is 0 Å². The molecule has 2 heterocycles. The van der Waals surface area contributed by atoms with Gasteiger partial charge in [-0.2, -0.15) is 4.98 Å². The van der Waals surface area contributed by atoms with E-state index in [1.54, 1.807) is 18.2 Å². The molecule has 1 amide bonds. The van der Waals surface area contributed by atoms with Gasteiger partial charge in [-0.25, -0.2) is 9.78 Å². The standard InChI is InChI=1S/C14H21BrN4O3/c1-14(2,3)22-13(20)19-7-5-18(6-8-19)12-16-9-10(15)11(17-12)21-4/h9H,5-8H2,1-4H3. The molecule has 1 aliphatic heterocycles. The van der Waals surface area contributed by atoms with Crippen LogP contribution < -0.4 is 9.64 Å². The number of anilines is 1. The van der Waals surface area contributed by atoms with Gasteiger partial charge in [-0.05, 0) is 36.7 Å². The van der Waals surface area contributed by atoms with Crippen LogP contribution in [-0.4, -0.2) is 59.9 Å². The van der Waals surface area contributed by atoms with Gasteiger partial charge in [0, 0.05) is 26.2 Å². The Morgan fingerprint density at radius 3 is 2.45 bits per heavy atom. The average molecular weight is 373 g/mol. The van der Waals surface area contributed by atoms with Crippen LogP contribution in [0.3, 0.4) is 0 Å². The van der Waals surface area contributed by atoms with E-state index in [1.165, 1.54) is 0 Å². The maximum Gasteiger partial charge on any atom is 0.410 e. The molecule has 0 aliphatic carbocycles. The number of halogens is 1. The average Bonchev–Trinajstić information content (AvgIpc) is 2.46. The normalized spacial score (nSPS) is 15.7. The number of methoxy groups -OCH3 is 1. The number of carbonyl (C=O) groups excluding carboxylic acids is 1. The first-order chi connectivity index (χ1) is 10.3. The molecule has 0 radical (unpaired) electrons. The van der Waals surface area contributed by atoms with Crippen molar-refractivity contribution >= 4 is 28.0 Å². The Morgan fingerprint density at radius 2 is 1.91 bits per heavy atom. The van der Waals surface area contributed by atoms with E-state index in [9.17, 15) is 4.79 Å². The number of carbonyl (C=O) groups is 1. The van der Waals surface area contributed by atoms with Gasteiger partial charge in [-0.3, -0.25) is 0 Å². The first-order valence-electron chi connectivity index (χ1n) is 7.09. The van der Waals surface area contributed by atoms with Crippen LogP contribution in [0.15, 0.2) is 10.7 Å². The quantitative estimate of drug-likeness (QED) is 0.793. The fraction of sp³-hybridized carbons (Fsp3) is 0.643. The van der Waals surface area contributed by atoms with Crippen LogP contribution in [-0.2, 0) is 4.74 Å². The number of piperazine rings is 1. The van der Waals surface area contributed by atoms with Gasteiger partial charge in [0.15, 0.2) is 0 Å². The number of aromatic nitrogens is 2. The minimum absolute atomic E-state index is 0.276. The van der Waals surface area contributed by atoms with Gasteiger partial charge in [0.25, 0.3) is 0 Å². The molecule has 22 heavy (non-hydrogen) atoms. The van der Waals surface area contributed by atoms with Crippen molar-refractivity contribution in [3.8, 4) is 5.88 Å². The third kappa shape index (κ3) is 4.22. The summed E-state index contributed by atoms with van der Waals surface area (Å²) in [6.07, 6.45) is 1.39. The Kier molecular flexibility index (Phi) is 5.10. The summed E-state index contributed by atoms with van der Waals surface area (Å²) in [6, 6.07) is 0. The number of amides is 1. The monoisotopic (exact) mass is 372 g/mol. The third-order valence-electron chi connectivity index (χ3n) is 3.11. The lowest BCUT2D eigenvalue weighted by Crippen LogP contribution is -2.50. The van der Waals surface area contributed by atoms with Gasteiger partial charge in [-0.15, -0.1) is 0 Å². The smallest absolute Gasteiger partial charge is 0.410 e. The molecule has 1 aromatic heterocycles. The Bertz CT molecular complexity index is 539. The first-order valence-corrected chi connectivity index (χ1v) is 7.89. The fourth-order valence-corrected chi connectivity index (χ4v) is 2.41. The van der Waals surface area contributed by atoms with Crippen LogP contribution in [0.5, 0.6) is 5.88 Å². The van der Waals surface area contributed by atoms with Gasteiger partial charge >= 0.3 is 6.09 Å². The second kappa shape index (κ2) is 6.68. The zero-order chi connectivity index (χ0) is 16.3. The molecule has 0 bridgehead atoms. The number of hydrogen-bond donors (Lipinski definition) is 0. The Labute approximate surface area is 138 Å². The van der Waals surface area contributed by atoms with Gasteiger partial charge in [0.05, 0.1) is 17.8 Å². The number of rotatable bonds is 2. The lowest BCUT2D eigenvalue weighted by Gasteiger charge is -2.35. The van der Waals surface area contributed by atoms with Crippen molar-refractivity contribution < 1.29 is 14.3 Å². The lowest BCUT2D eigenvalue weighted by atomic mass is 10.2. The minimum Gasteiger partial charge on any atom is -0.480 e. The van der Waals surface area contributed by atoms with E-state index in [2.05, 4.69) is 25.9 Å². The molecular formula is C14H21BrN4O3. The molecular weight excluding hydrogens is 352 g/mol. The molecule has 0 saturated carbocycles. The molecule has 1 fully saturated rings. The number of hydrogen-bond acceptors (Lipinski definition) is 6. The van der Waals surface area contributed by atoms with E-state index in [-0.39, 0.29) is 6.09 Å². The van der Waals surface area contributed by atoms with Crippen molar-refractivity contribution in [2.45, 2.75) is 26.4 Å². The van der Waals surface area contributed by atoms with Crippen molar-refractivity contribution in [2.75, 3.05) is 38.2 Å². The van der Waals surface area contributed by atoms with E-state index in [1.807, 2.05) is 25.7 Å². The zero-order valence-corrected chi connectivity index (χ0v) is 14.9. The molecule has 0 unspecified atom stereocenters. The van der Waals surface area contributed by atoms with Gasteiger partial charge in [0.1, 0.15) is 5.60 Å². The van der Waals surface area contributed by atoms with Crippen molar-refractivity contribution in [1.29, 1.82) is 0 Å². The molecule has 7 nitrogen and oxygen atoms in total. The topological polar surface area (TPSA) is 67.8 Å². The van der Waals surface area contributed by atoms with Crippen molar-refractivity contribution in [1.82, 2.24) is 14.9 Å². The van der Waals surface area contributed by atoms with Crippen LogP contribution in [0.25, 0.3) is 0 Å². The predicted octanol–water partition coefficient (Wildman–Crippen LogP) is 2.30. The van der Waals surface area contributed by atoms with Crippen LogP contribution in [0.4, 0.5) is 10.7 Å². The molecule has 1 aliphatic rings. The highest BCUT2D eigenvalue weighted by Gasteiger charge is 2.27. The number of ether oxygens (including phenoxy) is 2. The molecule has 0 atom stereocenters. The van der Waals surface area contributed by atoms with Gasteiger partial charge < -0.3 is 19.3 Å². The summed E-state index contributed by atoms with van der Waals surface area (Å²) in [4.78, 5) is 24.4. The zero-order valence-electron chi connectivity index (χ0n) is 13.3. The van der Waals surface area contributed by atoms with Crippen molar-refractivity contribution in [3.05, 3.63) is 10.7 Å². The van der Waals surface area contributed by atoms with Crippen LogP contribution in [0.2, 0.25) is 0 Å². The maximum absolute atomic E-state index is 12.0. The first kappa shape index (κ1) is 16.8. The van der Waals surface area contributed by atoms with Crippen molar-refractivity contribution in [2.24, 2.45) is 0 Å². The summed E-state index contributed by atoms with van der Waals surface area (Å²) in [7, 11) is 1.57. The Morgan fingerprint density at radius 1 is 1.27 bits per heavy atom. The second-order valence-electron chi connectivity index (χ2n) is 5.98. The summed E-state index contributed by atoms with van der Waals surface area (Å²) < 4.78 is 11.3. The number of nitrogens with zero attached hydrogens (tertiary/aromatic N) is 4. The van der Waals surface area contributed by atoms with E-state index in [4.69, 9.17) is 9.47 Å². The minimum atomic E-state index is -0.476. The summed E-state index contributed by atoms with van der Waals surface area (Å²) in [5.74, 6) is 1.10. The van der Waals surface area contributed by atoms with E-state index >= 15 is 0 Å². The molecule has 0 spiro atoms. The van der Waals surface area contributed by atoms with Crippen LogP contribution >= 0.6 is 15.9 Å². The summed E-state index contributed by atoms with van der Waals surface area (Å²) in [6.45, 7) is 8.07. The summed E-state index contributed by atoms with van der Waals surface area (Å²) in [5.41, 5.74) is -0.476. The van der Waals surface area contributed by atoms with Gasteiger partial charge in [0.2, 0.25) is 11.8 Å². The Hall–Kier alpha value is -1.57. The summed E-state index contributed by atoms with van der Waals surface area (Å²) >= 11 is 3.33. The molecule has 122 valence electrons. The highest BCUT2D eigenvalue weighted by Crippen LogP contribution is 2.24. The molecule has 2 rings (SSSR count). The third-order valence-corrected chi connectivity index (χ3v) is 3.65. The maximum atomic E-state index is 12.0. The highest BCUT2D eigenvalue weighted by atomic mass is 79.9. The molecule has 1 saturated heterocycles. The Balaban J connectivity index is 1.96. The lowest BCUT2D eigenvalue weighted by molar-refractivity contribution is 0.0240. The summed E-state index contributed by atoms with van der Waals surface area (Å²) in [5, 5.41) is 0. The van der Waals surface area contributed by atoms with Crippen LogP contribution in [0.1, 0.15) is 20.8 Å². The molecule has 0 N–H and O–H groups in total. The molecule has 0 aromatic carbocycles.